The molecule has 9 heteroatoms. The quantitative estimate of drug-likeness (QED) is 0.670. The zero-order chi connectivity index (χ0) is 11.4. The van der Waals surface area contributed by atoms with Crippen LogP contribution >= 0.6 is 0 Å². The van der Waals surface area contributed by atoms with Gasteiger partial charge in [-0.2, -0.15) is 16.8 Å². The van der Waals surface area contributed by atoms with Gasteiger partial charge < -0.3 is 0 Å². The van der Waals surface area contributed by atoms with Crippen molar-refractivity contribution in [3.05, 3.63) is 23.8 Å². The third-order valence-corrected chi connectivity index (χ3v) is 5.02. The molecule has 0 amide bonds. The zero-order valence-corrected chi connectivity index (χ0v) is 8.40. The number of hydrogen-bond donors (Lipinski definition) is 0. The lowest BCUT2D eigenvalue weighted by molar-refractivity contribution is 0.475. The van der Waals surface area contributed by atoms with E-state index in [4.69, 9.17) is 0 Å². The number of halogens is 2. The Bertz CT molecular complexity index is 589. The second kappa shape index (κ2) is 2.74. The van der Waals surface area contributed by atoms with Crippen molar-refractivity contribution in [2.24, 2.45) is 0 Å². The molecule has 1 heterocycles. The van der Waals surface area contributed by atoms with Crippen molar-refractivity contribution in [2.75, 3.05) is 0 Å². The summed E-state index contributed by atoms with van der Waals surface area (Å²) in [4.78, 5) is -1.78. The Morgan fingerprint density at radius 1 is 0.867 bits per heavy atom. The van der Waals surface area contributed by atoms with Gasteiger partial charge in [0.25, 0.3) is 0 Å². The van der Waals surface area contributed by atoms with Gasteiger partial charge >= 0.3 is 20.2 Å². The fourth-order valence-electron chi connectivity index (χ4n) is 1.09. The van der Waals surface area contributed by atoms with Gasteiger partial charge in [-0.25, -0.2) is 8.78 Å². The predicted molar refractivity (Wildman–Crippen MR) is 41.8 cm³/mol. The van der Waals surface area contributed by atoms with E-state index in [9.17, 15) is 25.6 Å². The predicted octanol–water partition coefficient (Wildman–Crippen LogP) is 0.372. The van der Waals surface area contributed by atoms with E-state index >= 15 is 0 Å². The van der Waals surface area contributed by atoms with E-state index < -0.39 is 41.7 Å². The Morgan fingerprint density at radius 2 is 1.20 bits per heavy atom. The lowest BCUT2D eigenvalue weighted by atomic mass is 10.3. The van der Waals surface area contributed by atoms with Gasteiger partial charge in [-0.3, -0.25) is 0 Å². The van der Waals surface area contributed by atoms with Crippen molar-refractivity contribution in [2.45, 2.75) is 9.79 Å². The van der Waals surface area contributed by atoms with Crippen molar-refractivity contribution < 1.29 is 29.2 Å². The molecule has 1 aliphatic heterocycles. The Labute approximate surface area is 83.5 Å². The maximum Gasteiger partial charge on any atom is 0.313 e. The molecule has 0 N–H and O–H groups in total. The molecule has 82 valence electrons. The molecule has 0 aliphatic carbocycles. The highest BCUT2D eigenvalue weighted by atomic mass is 32.3. The van der Waals surface area contributed by atoms with Crippen molar-refractivity contribution in [1.82, 2.24) is 0 Å². The summed E-state index contributed by atoms with van der Waals surface area (Å²) in [6, 6.07) is 0.537. The second-order valence-corrected chi connectivity index (χ2v) is 5.93. The minimum absolute atomic E-state index is 0.268. The summed E-state index contributed by atoms with van der Waals surface area (Å²) in [5, 5.41) is 0. The summed E-state index contributed by atoms with van der Waals surface area (Å²) >= 11 is 0. The minimum atomic E-state index is -4.55. The van der Waals surface area contributed by atoms with E-state index in [0.717, 1.165) is 0 Å². The maximum atomic E-state index is 12.7. The van der Waals surface area contributed by atoms with Gasteiger partial charge in [-0.05, 0) is 12.1 Å². The first-order chi connectivity index (χ1) is 6.74. The molecular formula is C6H2F2O5S2. The number of fused-ring (bicyclic) bond motifs is 1. The van der Waals surface area contributed by atoms with Crippen molar-refractivity contribution in [3.63, 3.8) is 0 Å². The zero-order valence-electron chi connectivity index (χ0n) is 6.77. The lowest BCUT2D eigenvalue weighted by Crippen LogP contribution is -2.01. The highest BCUT2D eigenvalue weighted by molar-refractivity contribution is 8.02. The molecular weight excluding hydrogens is 254 g/mol. The van der Waals surface area contributed by atoms with Crippen LogP contribution in [0.2, 0.25) is 0 Å². The second-order valence-electron chi connectivity index (χ2n) is 2.69. The summed E-state index contributed by atoms with van der Waals surface area (Å²) in [7, 11) is -9.09. The molecule has 0 saturated carbocycles. The highest BCUT2D eigenvalue weighted by Crippen LogP contribution is 2.34. The van der Waals surface area contributed by atoms with Crippen LogP contribution in [-0.2, 0) is 23.9 Å². The molecule has 0 radical (unpaired) electrons. The van der Waals surface area contributed by atoms with E-state index in [1.165, 1.54) is 0 Å². The van der Waals surface area contributed by atoms with Crippen LogP contribution in [-0.4, -0.2) is 16.8 Å². The molecule has 15 heavy (non-hydrogen) atoms. The number of hydrogen-bond acceptors (Lipinski definition) is 5. The van der Waals surface area contributed by atoms with Crippen LogP contribution in [0.5, 0.6) is 0 Å². The first-order valence-electron chi connectivity index (χ1n) is 3.44. The van der Waals surface area contributed by atoms with Gasteiger partial charge in [0.05, 0.1) is 0 Å². The number of rotatable bonds is 0. The Hall–Kier alpha value is -1.06. The Kier molecular flexibility index (Phi) is 1.91. The maximum absolute atomic E-state index is 12.7. The summed E-state index contributed by atoms with van der Waals surface area (Å²) in [5.41, 5.74) is 0. The first-order valence-corrected chi connectivity index (χ1v) is 6.26. The number of benzene rings is 1. The molecule has 0 unspecified atom stereocenters. The average Bonchev–Trinajstić information content (AvgIpc) is 2.21. The largest absolute Gasteiger partial charge is 0.313 e. The fourth-order valence-corrected chi connectivity index (χ4v) is 4.34. The molecule has 0 fully saturated rings. The van der Waals surface area contributed by atoms with Crippen LogP contribution < -0.4 is 0 Å². The van der Waals surface area contributed by atoms with Crippen LogP contribution in [0.1, 0.15) is 0 Å². The van der Waals surface area contributed by atoms with Crippen molar-refractivity contribution in [3.8, 4) is 0 Å². The van der Waals surface area contributed by atoms with Gasteiger partial charge in [0.2, 0.25) is 0 Å². The molecule has 0 aromatic heterocycles. The van der Waals surface area contributed by atoms with Crippen molar-refractivity contribution in [1.29, 1.82) is 0 Å². The highest BCUT2D eigenvalue weighted by Gasteiger charge is 2.41. The van der Waals surface area contributed by atoms with Crippen LogP contribution in [0.15, 0.2) is 21.9 Å². The Balaban J connectivity index is 2.95. The Morgan fingerprint density at radius 3 is 1.53 bits per heavy atom. The van der Waals surface area contributed by atoms with Crippen LogP contribution in [0.3, 0.4) is 0 Å². The normalized spacial score (nSPS) is 21.2. The van der Waals surface area contributed by atoms with Crippen LogP contribution in [0, 0.1) is 11.6 Å². The lowest BCUT2D eigenvalue weighted by Gasteiger charge is -1.95. The summed E-state index contributed by atoms with van der Waals surface area (Å²) in [6.45, 7) is 0. The molecule has 0 bridgehead atoms. The van der Waals surface area contributed by atoms with Gasteiger partial charge in [-0.15, -0.1) is 3.63 Å². The molecule has 0 spiro atoms. The smallest absolute Gasteiger partial charge is 0.204 e. The third kappa shape index (κ3) is 1.43. The van der Waals surface area contributed by atoms with E-state index in [2.05, 4.69) is 3.63 Å². The van der Waals surface area contributed by atoms with Gasteiger partial charge in [0.1, 0.15) is 9.79 Å². The summed E-state index contributed by atoms with van der Waals surface area (Å²) in [5.74, 6) is -2.92. The fraction of sp³-hybridized carbons (Fsp3) is 0. The summed E-state index contributed by atoms with van der Waals surface area (Å²) in [6.07, 6.45) is 0. The van der Waals surface area contributed by atoms with E-state index in [1.807, 2.05) is 0 Å². The van der Waals surface area contributed by atoms with Crippen molar-refractivity contribution >= 4 is 20.2 Å². The molecule has 1 aromatic carbocycles. The standard InChI is InChI=1S/C6H2F2O5S2/c7-3-1-5-6(2-4(3)8)15(11,12)13-14(5,9)10/h1-2H. The van der Waals surface area contributed by atoms with Gasteiger partial charge in [0, 0.05) is 0 Å². The molecule has 2 rings (SSSR count). The molecule has 0 saturated heterocycles. The molecule has 1 aliphatic rings. The third-order valence-electron chi connectivity index (χ3n) is 1.70. The monoisotopic (exact) mass is 256 g/mol. The molecule has 1 aromatic rings. The molecule has 0 atom stereocenters. The van der Waals surface area contributed by atoms with Gasteiger partial charge in [-0.1, -0.05) is 0 Å². The van der Waals surface area contributed by atoms with Crippen LogP contribution in [0.25, 0.3) is 0 Å². The molecule has 5 nitrogen and oxygen atoms in total. The van der Waals surface area contributed by atoms with Gasteiger partial charge in [0.15, 0.2) is 11.6 Å². The first kappa shape index (κ1) is 10.5. The SMILES string of the molecule is O=S1(=O)OS(=O)(=O)c2cc(F)c(F)cc21. The van der Waals surface area contributed by atoms with Crippen LogP contribution in [0.4, 0.5) is 8.78 Å². The van der Waals surface area contributed by atoms with E-state index in [-0.39, 0.29) is 12.1 Å². The topological polar surface area (TPSA) is 77.5 Å². The van der Waals surface area contributed by atoms with E-state index in [1.54, 1.807) is 0 Å². The summed E-state index contributed by atoms with van der Waals surface area (Å²) < 4.78 is 73.3. The minimum Gasteiger partial charge on any atom is -0.204 e. The van der Waals surface area contributed by atoms with E-state index in [0.29, 0.717) is 0 Å². The average molecular weight is 256 g/mol.